The van der Waals surface area contributed by atoms with Gasteiger partial charge >= 0.3 is 11.9 Å². The molecule has 0 N–H and O–H groups in total. The van der Waals surface area contributed by atoms with E-state index in [0.29, 0.717) is 12.0 Å². The maximum atomic E-state index is 11.7. The second-order valence-electron chi connectivity index (χ2n) is 3.67. The Morgan fingerprint density at radius 2 is 1.75 bits per heavy atom. The molecule has 20 heavy (non-hydrogen) atoms. The lowest BCUT2D eigenvalue weighted by atomic mass is 10.0. The average molecular weight is 271 g/mol. The molecule has 0 bridgehead atoms. The first-order valence-electron chi connectivity index (χ1n) is 5.80. The SMILES string of the molecule is [C-]#[N+]c1cc(C(=O)OC)c(C(=O)OC)cc1C#CCC. The maximum Gasteiger partial charge on any atom is 0.338 e. The highest BCUT2D eigenvalue weighted by Gasteiger charge is 2.21. The fraction of sp³-hybridized carbons (Fsp3) is 0.267. The lowest BCUT2D eigenvalue weighted by Gasteiger charge is -2.08. The molecule has 0 saturated carbocycles. The second kappa shape index (κ2) is 6.96. The number of ether oxygens (including phenoxy) is 2. The van der Waals surface area contributed by atoms with E-state index < -0.39 is 11.9 Å². The fourth-order valence-corrected chi connectivity index (χ4v) is 1.52. The van der Waals surface area contributed by atoms with E-state index in [-0.39, 0.29) is 16.8 Å². The Bertz CT molecular complexity index is 644. The Morgan fingerprint density at radius 1 is 1.20 bits per heavy atom. The van der Waals surface area contributed by atoms with Gasteiger partial charge in [0.05, 0.1) is 31.9 Å². The summed E-state index contributed by atoms with van der Waals surface area (Å²) >= 11 is 0. The zero-order valence-electron chi connectivity index (χ0n) is 11.4. The molecule has 5 nitrogen and oxygen atoms in total. The molecule has 0 saturated heterocycles. The summed E-state index contributed by atoms with van der Waals surface area (Å²) in [7, 11) is 2.41. The Labute approximate surface area is 117 Å². The van der Waals surface area contributed by atoms with Gasteiger partial charge in [0.1, 0.15) is 0 Å². The molecule has 1 aromatic rings. The number of carbonyl (C=O) groups is 2. The van der Waals surface area contributed by atoms with Crippen LogP contribution >= 0.6 is 0 Å². The van der Waals surface area contributed by atoms with Crippen LogP contribution in [0.2, 0.25) is 0 Å². The predicted molar refractivity (Wildman–Crippen MR) is 72.6 cm³/mol. The van der Waals surface area contributed by atoms with E-state index in [4.69, 9.17) is 6.57 Å². The van der Waals surface area contributed by atoms with Crippen LogP contribution in [0, 0.1) is 18.4 Å². The van der Waals surface area contributed by atoms with Gasteiger partial charge in [-0.05, 0) is 12.1 Å². The summed E-state index contributed by atoms with van der Waals surface area (Å²) in [6, 6.07) is 2.68. The number of nitrogens with zero attached hydrogens (tertiary/aromatic N) is 1. The van der Waals surface area contributed by atoms with Crippen molar-refractivity contribution in [1.82, 2.24) is 0 Å². The molecule has 0 amide bonds. The van der Waals surface area contributed by atoms with E-state index in [0.717, 1.165) is 0 Å². The molecule has 1 rings (SSSR count). The molecule has 0 fully saturated rings. The van der Waals surface area contributed by atoms with Crippen molar-refractivity contribution in [3.05, 3.63) is 40.2 Å². The number of hydrogen-bond donors (Lipinski definition) is 0. The van der Waals surface area contributed by atoms with Gasteiger partial charge in [0.25, 0.3) is 0 Å². The first-order chi connectivity index (χ1) is 9.58. The molecule has 102 valence electrons. The van der Waals surface area contributed by atoms with Crippen LogP contribution in [0.1, 0.15) is 39.6 Å². The Morgan fingerprint density at radius 3 is 2.20 bits per heavy atom. The molecule has 0 radical (unpaired) electrons. The molecule has 0 aliphatic carbocycles. The third kappa shape index (κ3) is 3.15. The molecule has 0 spiro atoms. The number of rotatable bonds is 2. The predicted octanol–water partition coefficient (Wildman–Crippen LogP) is 2.57. The van der Waals surface area contributed by atoms with Crippen molar-refractivity contribution in [3.8, 4) is 11.8 Å². The van der Waals surface area contributed by atoms with Crippen LogP contribution in [0.15, 0.2) is 12.1 Å². The van der Waals surface area contributed by atoms with Crippen LogP contribution in [0.25, 0.3) is 4.85 Å². The number of benzene rings is 1. The van der Waals surface area contributed by atoms with E-state index in [9.17, 15) is 9.59 Å². The molecule has 0 aliphatic heterocycles. The van der Waals surface area contributed by atoms with Crippen molar-refractivity contribution in [3.63, 3.8) is 0 Å². The van der Waals surface area contributed by atoms with Crippen molar-refractivity contribution in [2.45, 2.75) is 13.3 Å². The van der Waals surface area contributed by atoms with Crippen molar-refractivity contribution in [1.29, 1.82) is 0 Å². The Balaban J connectivity index is 3.57. The third-order valence-corrected chi connectivity index (χ3v) is 2.47. The van der Waals surface area contributed by atoms with E-state index >= 15 is 0 Å². The summed E-state index contributed by atoms with van der Waals surface area (Å²) in [6.07, 6.45) is 0.615. The van der Waals surface area contributed by atoms with Crippen molar-refractivity contribution >= 4 is 17.6 Å². The topological polar surface area (TPSA) is 57.0 Å². The summed E-state index contributed by atoms with van der Waals surface area (Å²) in [5.41, 5.74) is 0.605. The van der Waals surface area contributed by atoms with Gasteiger partial charge in [-0.3, -0.25) is 0 Å². The van der Waals surface area contributed by atoms with Gasteiger partial charge in [-0.1, -0.05) is 18.8 Å². The minimum atomic E-state index is -0.703. The number of carbonyl (C=O) groups excluding carboxylic acids is 2. The van der Waals surface area contributed by atoms with Crippen LogP contribution in [-0.2, 0) is 9.47 Å². The summed E-state index contributed by atoms with van der Waals surface area (Å²) in [5, 5.41) is 0. The highest BCUT2D eigenvalue weighted by molar-refractivity contribution is 6.04. The highest BCUT2D eigenvalue weighted by atomic mass is 16.5. The highest BCUT2D eigenvalue weighted by Crippen LogP contribution is 2.25. The molecule has 0 aromatic heterocycles. The van der Waals surface area contributed by atoms with Crippen LogP contribution in [0.5, 0.6) is 0 Å². The van der Waals surface area contributed by atoms with Gasteiger partial charge in [-0.15, -0.1) is 0 Å². The minimum absolute atomic E-state index is 0.00704. The molecule has 0 heterocycles. The second-order valence-corrected chi connectivity index (χ2v) is 3.67. The summed E-state index contributed by atoms with van der Waals surface area (Å²) < 4.78 is 9.24. The van der Waals surface area contributed by atoms with Gasteiger partial charge in [0.15, 0.2) is 0 Å². The van der Waals surface area contributed by atoms with Crippen LogP contribution in [0.4, 0.5) is 5.69 Å². The zero-order valence-corrected chi connectivity index (χ0v) is 11.4. The standard InChI is InChI=1S/C15H13NO4/c1-5-6-7-10-8-11(14(17)19-3)12(15(18)20-4)9-13(10)16-2/h8-9H,5H2,1,3-4H3. The minimum Gasteiger partial charge on any atom is -0.465 e. The normalized spacial score (nSPS) is 8.90. The van der Waals surface area contributed by atoms with E-state index in [1.54, 1.807) is 0 Å². The summed E-state index contributed by atoms with van der Waals surface area (Å²) in [6.45, 7) is 9.00. The Kier molecular flexibility index (Phi) is 5.31. The molecule has 0 aliphatic rings. The lowest BCUT2D eigenvalue weighted by Crippen LogP contribution is -2.12. The average Bonchev–Trinajstić information content (AvgIpc) is 2.50. The molecule has 5 heteroatoms. The van der Waals surface area contributed by atoms with E-state index in [1.165, 1.54) is 26.4 Å². The maximum absolute atomic E-state index is 11.7. The summed E-state index contributed by atoms with van der Waals surface area (Å²) in [5.74, 6) is 4.24. The molecular weight excluding hydrogens is 258 g/mol. The molecule has 0 atom stereocenters. The smallest absolute Gasteiger partial charge is 0.338 e. The van der Waals surface area contributed by atoms with Gasteiger partial charge in [-0.25, -0.2) is 14.4 Å². The van der Waals surface area contributed by atoms with E-state index in [2.05, 4.69) is 26.2 Å². The first kappa shape index (κ1) is 15.3. The first-order valence-corrected chi connectivity index (χ1v) is 5.80. The zero-order chi connectivity index (χ0) is 15.1. The largest absolute Gasteiger partial charge is 0.465 e. The van der Waals surface area contributed by atoms with E-state index in [1.807, 2.05) is 6.92 Å². The van der Waals surface area contributed by atoms with Crippen molar-refractivity contribution in [2.24, 2.45) is 0 Å². The molecular formula is C15H13NO4. The van der Waals surface area contributed by atoms with Crippen molar-refractivity contribution < 1.29 is 19.1 Å². The molecule has 1 aromatic carbocycles. The summed E-state index contributed by atoms with van der Waals surface area (Å²) in [4.78, 5) is 26.7. The molecule has 0 unspecified atom stereocenters. The quantitative estimate of drug-likeness (QED) is 0.471. The Hall–Kier alpha value is -2.79. The van der Waals surface area contributed by atoms with Crippen LogP contribution < -0.4 is 0 Å². The number of methoxy groups -OCH3 is 2. The number of hydrogen-bond acceptors (Lipinski definition) is 4. The van der Waals surface area contributed by atoms with Gasteiger partial charge in [0.2, 0.25) is 5.69 Å². The number of esters is 2. The van der Waals surface area contributed by atoms with Gasteiger partial charge in [-0.2, -0.15) is 0 Å². The van der Waals surface area contributed by atoms with Crippen molar-refractivity contribution in [2.75, 3.05) is 14.2 Å². The van der Waals surface area contributed by atoms with Crippen LogP contribution in [0.3, 0.4) is 0 Å². The lowest BCUT2D eigenvalue weighted by molar-refractivity contribution is 0.0555. The van der Waals surface area contributed by atoms with Crippen LogP contribution in [-0.4, -0.2) is 26.2 Å². The van der Waals surface area contributed by atoms with Gasteiger partial charge in [0, 0.05) is 12.0 Å². The fourth-order valence-electron chi connectivity index (χ4n) is 1.52. The van der Waals surface area contributed by atoms with Gasteiger partial charge < -0.3 is 9.47 Å². The monoisotopic (exact) mass is 271 g/mol. The third-order valence-electron chi connectivity index (χ3n) is 2.47.